The van der Waals surface area contributed by atoms with E-state index in [1.807, 2.05) is 6.92 Å². The molecule has 1 saturated carbocycles. The van der Waals surface area contributed by atoms with Crippen molar-refractivity contribution in [1.82, 2.24) is 5.32 Å². The zero-order chi connectivity index (χ0) is 13.6. The predicted octanol–water partition coefficient (Wildman–Crippen LogP) is 2.32. The summed E-state index contributed by atoms with van der Waals surface area (Å²) in [5.74, 6) is -0.525. The molecule has 0 heterocycles. The summed E-state index contributed by atoms with van der Waals surface area (Å²) in [6.07, 6.45) is 4.52. The van der Waals surface area contributed by atoms with Crippen LogP contribution in [0.2, 0.25) is 0 Å². The molecule has 1 rings (SSSR count). The van der Waals surface area contributed by atoms with Gasteiger partial charge >= 0.3 is 12.1 Å². The lowest BCUT2D eigenvalue weighted by Crippen LogP contribution is -2.48. The fourth-order valence-electron chi connectivity index (χ4n) is 2.31. The SMILES string of the molecule is C=CCOC(=O)NC1(C)CCC(CC(=O)O)CC1. The average Bonchev–Trinajstić information content (AvgIpc) is 2.29. The van der Waals surface area contributed by atoms with Gasteiger partial charge < -0.3 is 15.2 Å². The van der Waals surface area contributed by atoms with E-state index in [0.717, 1.165) is 25.7 Å². The Morgan fingerprint density at radius 3 is 2.61 bits per heavy atom. The summed E-state index contributed by atoms with van der Waals surface area (Å²) in [7, 11) is 0. The third kappa shape index (κ3) is 4.77. The topological polar surface area (TPSA) is 75.6 Å². The van der Waals surface area contributed by atoms with Gasteiger partial charge in [0.2, 0.25) is 0 Å². The molecule has 1 amide bonds. The summed E-state index contributed by atoms with van der Waals surface area (Å²) in [6, 6.07) is 0. The van der Waals surface area contributed by atoms with Crippen molar-refractivity contribution in [3.05, 3.63) is 12.7 Å². The van der Waals surface area contributed by atoms with Crippen LogP contribution >= 0.6 is 0 Å². The number of nitrogens with one attached hydrogen (secondary N) is 1. The fraction of sp³-hybridized carbons (Fsp3) is 0.692. The highest BCUT2D eigenvalue weighted by molar-refractivity contribution is 5.68. The van der Waals surface area contributed by atoms with Crippen LogP contribution in [0.1, 0.15) is 39.0 Å². The largest absolute Gasteiger partial charge is 0.481 e. The molecule has 1 fully saturated rings. The highest BCUT2D eigenvalue weighted by Gasteiger charge is 2.33. The van der Waals surface area contributed by atoms with E-state index in [1.54, 1.807) is 0 Å². The Bertz CT molecular complexity index is 319. The standard InChI is InChI=1S/C13H21NO4/c1-3-8-18-12(17)14-13(2)6-4-10(5-7-13)9-11(15)16/h3,10H,1,4-9H2,2H3,(H,14,17)(H,15,16). The first-order valence-corrected chi connectivity index (χ1v) is 6.23. The molecule has 0 saturated heterocycles. The van der Waals surface area contributed by atoms with Gasteiger partial charge in [0.05, 0.1) is 0 Å². The van der Waals surface area contributed by atoms with Crippen LogP contribution in [0.5, 0.6) is 0 Å². The lowest BCUT2D eigenvalue weighted by molar-refractivity contribution is -0.138. The number of carboxylic acids is 1. The maximum atomic E-state index is 11.5. The fourth-order valence-corrected chi connectivity index (χ4v) is 2.31. The zero-order valence-corrected chi connectivity index (χ0v) is 10.8. The number of carboxylic acid groups (broad SMARTS) is 1. The number of amides is 1. The van der Waals surface area contributed by atoms with Crippen molar-refractivity contribution in [3.8, 4) is 0 Å². The highest BCUT2D eigenvalue weighted by atomic mass is 16.5. The number of ether oxygens (including phenoxy) is 1. The van der Waals surface area contributed by atoms with Gasteiger partial charge in [-0.2, -0.15) is 0 Å². The van der Waals surface area contributed by atoms with Crippen molar-refractivity contribution in [2.45, 2.75) is 44.6 Å². The average molecular weight is 255 g/mol. The van der Waals surface area contributed by atoms with Crippen molar-refractivity contribution in [1.29, 1.82) is 0 Å². The third-order valence-electron chi connectivity index (χ3n) is 3.41. The quantitative estimate of drug-likeness (QED) is 0.739. The van der Waals surface area contributed by atoms with Crippen LogP contribution in [0.3, 0.4) is 0 Å². The second-order valence-electron chi connectivity index (χ2n) is 5.11. The zero-order valence-electron chi connectivity index (χ0n) is 10.8. The van der Waals surface area contributed by atoms with Gasteiger partial charge in [-0.05, 0) is 38.5 Å². The lowest BCUT2D eigenvalue weighted by atomic mass is 9.76. The van der Waals surface area contributed by atoms with Gasteiger partial charge in [-0.15, -0.1) is 0 Å². The Kier molecular flexibility index (Phi) is 5.19. The molecule has 5 nitrogen and oxygen atoms in total. The Morgan fingerprint density at radius 1 is 1.50 bits per heavy atom. The van der Waals surface area contributed by atoms with E-state index < -0.39 is 12.1 Å². The van der Waals surface area contributed by atoms with Crippen molar-refractivity contribution in [3.63, 3.8) is 0 Å². The van der Waals surface area contributed by atoms with Gasteiger partial charge in [0.15, 0.2) is 0 Å². The number of hydrogen-bond acceptors (Lipinski definition) is 3. The summed E-state index contributed by atoms with van der Waals surface area (Å²) in [6.45, 7) is 5.64. The van der Waals surface area contributed by atoms with Gasteiger partial charge in [0, 0.05) is 12.0 Å². The molecule has 0 radical (unpaired) electrons. The molecule has 0 aliphatic heterocycles. The smallest absolute Gasteiger partial charge is 0.407 e. The minimum absolute atomic E-state index is 0.198. The van der Waals surface area contributed by atoms with Crippen molar-refractivity contribution in [2.24, 2.45) is 5.92 Å². The van der Waals surface area contributed by atoms with Gasteiger partial charge in [-0.25, -0.2) is 4.79 Å². The molecule has 0 atom stereocenters. The van der Waals surface area contributed by atoms with Gasteiger partial charge in [-0.1, -0.05) is 12.7 Å². The summed E-state index contributed by atoms with van der Waals surface area (Å²) < 4.78 is 4.89. The summed E-state index contributed by atoms with van der Waals surface area (Å²) in [4.78, 5) is 22.1. The van der Waals surface area contributed by atoms with Gasteiger partial charge in [-0.3, -0.25) is 4.79 Å². The van der Waals surface area contributed by atoms with E-state index in [2.05, 4.69) is 11.9 Å². The first-order valence-electron chi connectivity index (χ1n) is 6.23. The molecule has 1 aliphatic rings. The van der Waals surface area contributed by atoms with Crippen LogP contribution in [0, 0.1) is 5.92 Å². The number of carbonyl (C=O) groups excluding carboxylic acids is 1. The Hall–Kier alpha value is -1.52. The van der Waals surface area contributed by atoms with Crippen LogP contribution in [0.25, 0.3) is 0 Å². The van der Waals surface area contributed by atoms with E-state index in [-0.39, 0.29) is 24.5 Å². The Balaban J connectivity index is 2.36. The van der Waals surface area contributed by atoms with Gasteiger partial charge in [0.1, 0.15) is 6.61 Å². The molecule has 0 aromatic rings. The predicted molar refractivity (Wildman–Crippen MR) is 67.3 cm³/mol. The molecule has 0 unspecified atom stereocenters. The molecule has 2 N–H and O–H groups in total. The monoisotopic (exact) mass is 255 g/mol. The number of rotatable bonds is 5. The maximum absolute atomic E-state index is 11.5. The second kappa shape index (κ2) is 6.42. The molecule has 1 aliphatic carbocycles. The molecule has 0 spiro atoms. The number of carbonyl (C=O) groups is 2. The van der Waals surface area contributed by atoms with E-state index >= 15 is 0 Å². The molecule has 18 heavy (non-hydrogen) atoms. The minimum atomic E-state index is -0.748. The first kappa shape index (κ1) is 14.5. The summed E-state index contributed by atoms with van der Waals surface area (Å²) in [5.41, 5.74) is -0.284. The lowest BCUT2D eigenvalue weighted by Gasteiger charge is -2.37. The maximum Gasteiger partial charge on any atom is 0.407 e. The van der Waals surface area contributed by atoms with Crippen LogP contribution < -0.4 is 5.32 Å². The van der Waals surface area contributed by atoms with Crippen LogP contribution in [-0.2, 0) is 9.53 Å². The van der Waals surface area contributed by atoms with Crippen LogP contribution in [-0.4, -0.2) is 29.3 Å². The highest BCUT2D eigenvalue weighted by Crippen LogP contribution is 2.33. The van der Waals surface area contributed by atoms with E-state index in [1.165, 1.54) is 6.08 Å². The molecule has 5 heteroatoms. The molecular formula is C13H21NO4. The molecule has 0 aromatic carbocycles. The second-order valence-corrected chi connectivity index (χ2v) is 5.11. The van der Waals surface area contributed by atoms with Crippen molar-refractivity contribution in [2.75, 3.05) is 6.61 Å². The third-order valence-corrected chi connectivity index (χ3v) is 3.41. The number of alkyl carbamates (subject to hydrolysis) is 1. The Labute approximate surface area is 107 Å². The van der Waals surface area contributed by atoms with E-state index in [9.17, 15) is 9.59 Å². The van der Waals surface area contributed by atoms with Gasteiger partial charge in [0.25, 0.3) is 0 Å². The normalized spacial score (nSPS) is 27.3. The van der Waals surface area contributed by atoms with E-state index in [0.29, 0.717) is 0 Å². The molecule has 0 bridgehead atoms. The molecular weight excluding hydrogens is 234 g/mol. The summed E-state index contributed by atoms with van der Waals surface area (Å²) >= 11 is 0. The van der Waals surface area contributed by atoms with Crippen molar-refractivity contribution >= 4 is 12.1 Å². The minimum Gasteiger partial charge on any atom is -0.481 e. The van der Waals surface area contributed by atoms with Crippen LogP contribution in [0.15, 0.2) is 12.7 Å². The first-order chi connectivity index (χ1) is 8.45. The molecule has 0 aromatic heterocycles. The van der Waals surface area contributed by atoms with Crippen molar-refractivity contribution < 1.29 is 19.4 Å². The molecule has 102 valence electrons. The van der Waals surface area contributed by atoms with Crippen LogP contribution in [0.4, 0.5) is 4.79 Å². The number of hydrogen-bond donors (Lipinski definition) is 2. The Morgan fingerprint density at radius 2 is 2.11 bits per heavy atom. The van der Waals surface area contributed by atoms with E-state index in [4.69, 9.17) is 9.84 Å². The number of aliphatic carboxylic acids is 1. The summed E-state index contributed by atoms with van der Waals surface area (Å²) in [5, 5.41) is 11.6.